The fourth-order valence-electron chi connectivity index (χ4n) is 4.79. The molecule has 1 amide bonds. The average molecular weight is 422 g/mol. The fraction of sp³-hybridized carbons (Fsp3) is 0.542. The highest BCUT2D eigenvalue weighted by Crippen LogP contribution is 2.28. The zero-order valence-corrected chi connectivity index (χ0v) is 18.3. The number of benzene rings is 1. The Bertz CT molecular complexity index is 935. The molecule has 2 fully saturated rings. The number of carbonyl (C=O) groups is 1. The maximum absolute atomic E-state index is 13.1. The summed E-state index contributed by atoms with van der Waals surface area (Å²) in [6.45, 7) is 7.03. The molecule has 4 heterocycles. The summed E-state index contributed by atoms with van der Waals surface area (Å²) >= 11 is 0. The van der Waals surface area contributed by atoms with E-state index in [2.05, 4.69) is 21.9 Å². The zero-order valence-electron chi connectivity index (χ0n) is 18.3. The number of fused-ring (bicyclic) bond motifs is 1. The van der Waals surface area contributed by atoms with Gasteiger partial charge in [-0.05, 0) is 50.7 Å². The molecule has 0 N–H and O–H groups in total. The molecule has 2 saturated heterocycles. The lowest BCUT2D eigenvalue weighted by molar-refractivity contribution is -0.139. The van der Waals surface area contributed by atoms with E-state index in [1.165, 1.54) is 24.8 Å². The summed E-state index contributed by atoms with van der Waals surface area (Å²) in [5, 5.41) is 0. The maximum Gasteiger partial charge on any atom is 0.263 e. The minimum absolute atomic E-state index is 0.105. The number of para-hydroxylation sites is 1. The number of hydrogen-bond donors (Lipinski definition) is 0. The molecule has 5 rings (SSSR count). The summed E-state index contributed by atoms with van der Waals surface area (Å²) in [5.74, 6) is 2.78. The number of piperazine rings is 1. The van der Waals surface area contributed by atoms with Gasteiger partial charge in [-0.1, -0.05) is 18.2 Å². The minimum atomic E-state index is -0.373. The molecule has 7 nitrogen and oxygen atoms in total. The van der Waals surface area contributed by atoms with Crippen molar-refractivity contribution in [2.24, 2.45) is 0 Å². The van der Waals surface area contributed by atoms with E-state index < -0.39 is 0 Å². The van der Waals surface area contributed by atoms with Crippen molar-refractivity contribution in [2.45, 2.75) is 45.1 Å². The lowest BCUT2D eigenvalue weighted by atomic mass is 10.0. The second-order valence-corrected chi connectivity index (χ2v) is 8.78. The molecule has 3 aliphatic rings. The molecule has 0 bridgehead atoms. The molecule has 1 aromatic carbocycles. The van der Waals surface area contributed by atoms with E-state index in [-0.39, 0.29) is 12.0 Å². The van der Waals surface area contributed by atoms with Gasteiger partial charge >= 0.3 is 0 Å². The smallest absolute Gasteiger partial charge is 0.263 e. The predicted molar refractivity (Wildman–Crippen MR) is 121 cm³/mol. The quantitative estimate of drug-likeness (QED) is 0.760. The number of ether oxygens (including phenoxy) is 1. The third kappa shape index (κ3) is 4.31. The Morgan fingerprint density at radius 3 is 2.55 bits per heavy atom. The van der Waals surface area contributed by atoms with Crippen molar-refractivity contribution in [3.63, 3.8) is 0 Å². The highest BCUT2D eigenvalue weighted by Gasteiger charge is 2.32. The Labute approximate surface area is 184 Å². The second kappa shape index (κ2) is 8.73. The van der Waals surface area contributed by atoms with E-state index in [1.807, 2.05) is 30.0 Å². The third-order valence-corrected chi connectivity index (χ3v) is 6.58. The van der Waals surface area contributed by atoms with Crippen molar-refractivity contribution in [1.82, 2.24) is 14.9 Å². The Hall–Kier alpha value is -2.83. The van der Waals surface area contributed by atoms with Crippen LogP contribution in [0.15, 0.2) is 30.3 Å². The molecule has 2 aromatic rings. The number of amides is 1. The molecule has 1 atom stereocenters. The van der Waals surface area contributed by atoms with Crippen LogP contribution >= 0.6 is 0 Å². The van der Waals surface area contributed by atoms with Crippen LogP contribution in [-0.2, 0) is 11.2 Å². The first-order valence-electron chi connectivity index (χ1n) is 11.6. The molecular formula is C24H31N5O2. The van der Waals surface area contributed by atoms with Gasteiger partial charge in [-0.15, -0.1) is 0 Å². The molecule has 1 unspecified atom stereocenters. The largest absolute Gasteiger partial charge is 0.480 e. The number of aromatic nitrogens is 2. The molecule has 0 aliphatic carbocycles. The highest BCUT2D eigenvalue weighted by molar-refractivity contribution is 5.82. The van der Waals surface area contributed by atoms with Crippen LogP contribution in [0.25, 0.3) is 0 Å². The van der Waals surface area contributed by atoms with Crippen LogP contribution < -0.4 is 14.5 Å². The molecule has 1 aromatic heterocycles. The number of piperidine rings is 1. The summed E-state index contributed by atoms with van der Waals surface area (Å²) < 4.78 is 6.02. The maximum atomic E-state index is 13.1. The summed E-state index contributed by atoms with van der Waals surface area (Å²) in [5.41, 5.74) is 2.19. The van der Waals surface area contributed by atoms with E-state index in [0.717, 1.165) is 62.2 Å². The van der Waals surface area contributed by atoms with Gasteiger partial charge in [0, 0.05) is 51.0 Å². The standard InChI is InChI=1S/C24H31N5O2/c1-18-17-22(27-11-5-2-6-12-27)26-24(25-18)29-15-13-28(14-16-29)23(30)21-10-9-19-7-3-4-8-20(19)31-21/h3-4,7-8,17,21H,2,5-6,9-16H2,1H3. The molecule has 3 aliphatic heterocycles. The van der Waals surface area contributed by atoms with Gasteiger partial charge < -0.3 is 19.4 Å². The molecule has 0 radical (unpaired) electrons. The minimum Gasteiger partial charge on any atom is -0.480 e. The van der Waals surface area contributed by atoms with Gasteiger partial charge in [-0.25, -0.2) is 4.98 Å². The molecule has 164 valence electrons. The zero-order chi connectivity index (χ0) is 21.2. The van der Waals surface area contributed by atoms with Gasteiger partial charge in [-0.3, -0.25) is 4.79 Å². The van der Waals surface area contributed by atoms with Crippen LogP contribution in [0.2, 0.25) is 0 Å². The number of carbonyl (C=O) groups excluding carboxylic acids is 1. The average Bonchev–Trinajstić information content (AvgIpc) is 2.83. The van der Waals surface area contributed by atoms with Crippen LogP contribution in [0.3, 0.4) is 0 Å². The van der Waals surface area contributed by atoms with Crippen molar-refractivity contribution >= 4 is 17.7 Å². The Kier molecular flexibility index (Phi) is 5.66. The highest BCUT2D eigenvalue weighted by atomic mass is 16.5. The van der Waals surface area contributed by atoms with Gasteiger partial charge in [0.25, 0.3) is 5.91 Å². The van der Waals surface area contributed by atoms with Crippen LogP contribution in [0, 0.1) is 6.92 Å². The van der Waals surface area contributed by atoms with Gasteiger partial charge in [-0.2, -0.15) is 4.98 Å². The monoisotopic (exact) mass is 421 g/mol. The summed E-state index contributed by atoms with van der Waals surface area (Å²) in [4.78, 5) is 29.2. The van der Waals surface area contributed by atoms with Gasteiger partial charge in [0.15, 0.2) is 6.10 Å². The predicted octanol–water partition coefficient (Wildman–Crippen LogP) is 2.82. The van der Waals surface area contributed by atoms with Gasteiger partial charge in [0.05, 0.1) is 0 Å². The Morgan fingerprint density at radius 1 is 0.968 bits per heavy atom. The van der Waals surface area contributed by atoms with E-state index in [9.17, 15) is 4.79 Å². The van der Waals surface area contributed by atoms with Crippen LogP contribution in [0.4, 0.5) is 11.8 Å². The first-order chi connectivity index (χ1) is 15.2. The van der Waals surface area contributed by atoms with Crippen LogP contribution in [-0.4, -0.2) is 66.1 Å². The van der Waals surface area contributed by atoms with Crippen molar-refractivity contribution in [2.75, 3.05) is 49.1 Å². The number of nitrogens with zero attached hydrogens (tertiary/aromatic N) is 5. The summed E-state index contributed by atoms with van der Waals surface area (Å²) in [7, 11) is 0. The van der Waals surface area contributed by atoms with Gasteiger partial charge in [0.2, 0.25) is 5.95 Å². The number of hydrogen-bond acceptors (Lipinski definition) is 6. The third-order valence-electron chi connectivity index (χ3n) is 6.58. The van der Waals surface area contributed by atoms with Crippen molar-refractivity contribution in [3.05, 3.63) is 41.6 Å². The first kappa shape index (κ1) is 20.1. The summed E-state index contributed by atoms with van der Waals surface area (Å²) in [6.07, 6.45) is 5.03. The molecule has 7 heteroatoms. The molecule has 0 spiro atoms. The number of rotatable bonds is 3. The molecular weight excluding hydrogens is 390 g/mol. The Morgan fingerprint density at radius 2 is 1.74 bits per heavy atom. The lowest BCUT2D eigenvalue weighted by Crippen LogP contribution is -2.53. The number of aryl methyl sites for hydroxylation is 2. The number of anilines is 2. The summed E-state index contributed by atoms with van der Waals surface area (Å²) in [6, 6.07) is 10.1. The van der Waals surface area contributed by atoms with E-state index in [4.69, 9.17) is 14.7 Å². The SMILES string of the molecule is Cc1cc(N2CCCCC2)nc(N2CCN(C(=O)C3CCc4ccccc4O3)CC2)n1. The topological polar surface area (TPSA) is 61.8 Å². The van der Waals surface area contributed by atoms with Crippen LogP contribution in [0.1, 0.15) is 36.9 Å². The van der Waals surface area contributed by atoms with E-state index in [1.54, 1.807) is 0 Å². The molecule has 0 saturated carbocycles. The van der Waals surface area contributed by atoms with Crippen molar-refractivity contribution in [1.29, 1.82) is 0 Å². The molecule has 31 heavy (non-hydrogen) atoms. The Balaban J connectivity index is 1.22. The van der Waals surface area contributed by atoms with Crippen molar-refractivity contribution < 1.29 is 9.53 Å². The second-order valence-electron chi connectivity index (χ2n) is 8.78. The van der Waals surface area contributed by atoms with Crippen molar-refractivity contribution in [3.8, 4) is 5.75 Å². The van der Waals surface area contributed by atoms with E-state index in [0.29, 0.717) is 13.1 Å². The fourth-order valence-corrected chi connectivity index (χ4v) is 4.79. The van der Waals surface area contributed by atoms with Gasteiger partial charge in [0.1, 0.15) is 11.6 Å². The lowest BCUT2D eigenvalue weighted by Gasteiger charge is -2.37. The normalized spacial score (nSPS) is 21.5. The van der Waals surface area contributed by atoms with Crippen LogP contribution in [0.5, 0.6) is 5.75 Å². The first-order valence-corrected chi connectivity index (χ1v) is 11.6. The van der Waals surface area contributed by atoms with E-state index >= 15 is 0 Å².